The van der Waals surface area contributed by atoms with Crippen LogP contribution in [0.4, 0.5) is 0 Å². The zero-order valence-electron chi connectivity index (χ0n) is 12.2. The highest BCUT2D eigenvalue weighted by molar-refractivity contribution is 6.07. The molecule has 2 bridgehead atoms. The van der Waals surface area contributed by atoms with E-state index in [2.05, 4.69) is 10.6 Å². The van der Waals surface area contributed by atoms with E-state index in [1.54, 1.807) is 12.1 Å². The number of rotatable bonds is 2. The van der Waals surface area contributed by atoms with E-state index in [9.17, 15) is 14.4 Å². The van der Waals surface area contributed by atoms with Gasteiger partial charge in [0.05, 0.1) is 17.4 Å². The lowest BCUT2D eigenvalue weighted by atomic mass is 9.55. The van der Waals surface area contributed by atoms with E-state index >= 15 is 0 Å². The maximum Gasteiger partial charge on any atom is 0.251 e. The molecule has 0 spiro atoms. The van der Waals surface area contributed by atoms with Crippen molar-refractivity contribution in [3.63, 3.8) is 0 Å². The lowest BCUT2D eigenvalue weighted by molar-refractivity contribution is -0.132. The first-order valence-corrected chi connectivity index (χ1v) is 7.83. The Balaban J connectivity index is 1.66. The van der Waals surface area contributed by atoms with Crippen LogP contribution in [0.15, 0.2) is 30.3 Å². The molecule has 3 aliphatic carbocycles. The lowest BCUT2D eigenvalue weighted by Gasteiger charge is -2.52. The summed E-state index contributed by atoms with van der Waals surface area (Å²) in [4.78, 5) is 36.9. The number of hydrogen-bond donors (Lipinski definition) is 2. The van der Waals surface area contributed by atoms with Crippen LogP contribution in [0.2, 0.25) is 0 Å². The fourth-order valence-electron chi connectivity index (χ4n) is 4.59. The molecule has 2 N–H and O–H groups in total. The number of nitrogens with one attached hydrogen (secondary N) is 2. The Kier molecular flexibility index (Phi) is 2.86. The molecule has 3 amide bonds. The Hall–Kier alpha value is -2.17. The minimum absolute atomic E-state index is 0.155. The Morgan fingerprint density at radius 3 is 2.45 bits per heavy atom. The zero-order valence-corrected chi connectivity index (χ0v) is 12.2. The van der Waals surface area contributed by atoms with Gasteiger partial charge in [-0.1, -0.05) is 18.2 Å². The van der Waals surface area contributed by atoms with E-state index in [1.165, 1.54) is 0 Å². The van der Waals surface area contributed by atoms with Gasteiger partial charge in [0.15, 0.2) is 0 Å². The average molecular weight is 298 g/mol. The smallest absolute Gasteiger partial charge is 0.251 e. The molecule has 1 aromatic carbocycles. The van der Waals surface area contributed by atoms with Crippen molar-refractivity contribution in [3.05, 3.63) is 35.9 Å². The average Bonchev–Trinajstić information content (AvgIpc) is 2.86. The first-order chi connectivity index (χ1) is 10.6. The third-order valence-electron chi connectivity index (χ3n) is 5.61. The maximum atomic E-state index is 12.5. The van der Waals surface area contributed by atoms with Gasteiger partial charge in [-0.3, -0.25) is 19.7 Å². The molecule has 5 nitrogen and oxygen atoms in total. The number of amides is 3. The highest BCUT2D eigenvalue weighted by atomic mass is 16.2. The van der Waals surface area contributed by atoms with Crippen molar-refractivity contribution < 1.29 is 14.4 Å². The minimum atomic E-state index is -0.567. The molecule has 114 valence electrons. The van der Waals surface area contributed by atoms with Crippen molar-refractivity contribution in [3.8, 4) is 0 Å². The third-order valence-corrected chi connectivity index (χ3v) is 5.61. The normalized spacial score (nSPS) is 35.9. The van der Waals surface area contributed by atoms with E-state index in [4.69, 9.17) is 0 Å². The van der Waals surface area contributed by atoms with Crippen molar-refractivity contribution in [2.45, 2.75) is 31.2 Å². The summed E-state index contributed by atoms with van der Waals surface area (Å²) in [6.07, 6.45) is 3.35. The SMILES string of the molecule is O=C(NC12CCC(CC1)[C@H]1C(=O)NC(=O)[C@@H]12)c1ccccc1. The van der Waals surface area contributed by atoms with Crippen molar-refractivity contribution in [2.24, 2.45) is 17.8 Å². The van der Waals surface area contributed by atoms with Crippen LogP contribution >= 0.6 is 0 Å². The van der Waals surface area contributed by atoms with Gasteiger partial charge in [-0.25, -0.2) is 0 Å². The second-order valence-corrected chi connectivity index (χ2v) is 6.67. The van der Waals surface area contributed by atoms with Gasteiger partial charge in [-0.15, -0.1) is 0 Å². The van der Waals surface area contributed by atoms with E-state index < -0.39 is 11.5 Å². The van der Waals surface area contributed by atoms with Gasteiger partial charge in [0.2, 0.25) is 11.8 Å². The van der Waals surface area contributed by atoms with Gasteiger partial charge < -0.3 is 5.32 Å². The first-order valence-electron chi connectivity index (χ1n) is 7.83. The second kappa shape index (κ2) is 4.66. The Bertz CT molecular complexity index is 647. The Labute approximate surface area is 128 Å². The highest BCUT2D eigenvalue weighted by Crippen LogP contribution is 2.53. The van der Waals surface area contributed by atoms with Crippen LogP contribution in [0, 0.1) is 17.8 Å². The highest BCUT2D eigenvalue weighted by Gasteiger charge is 2.62. The molecule has 1 aliphatic heterocycles. The summed E-state index contributed by atoms with van der Waals surface area (Å²) in [6.45, 7) is 0. The van der Waals surface area contributed by atoms with Crippen LogP contribution < -0.4 is 10.6 Å². The molecule has 1 saturated heterocycles. The van der Waals surface area contributed by atoms with Gasteiger partial charge >= 0.3 is 0 Å². The summed E-state index contributed by atoms with van der Waals surface area (Å²) in [6, 6.07) is 9.02. The van der Waals surface area contributed by atoms with Crippen molar-refractivity contribution in [1.82, 2.24) is 10.6 Å². The zero-order chi connectivity index (χ0) is 15.3. The maximum absolute atomic E-state index is 12.5. The van der Waals surface area contributed by atoms with E-state index in [-0.39, 0.29) is 29.6 Å². The molecule has 4 fully saturated rings. The molecule has 1 aromatic rings. The molecule has 5 heteroatoms. The summed E-state index contributed by atoms with van der Waals surface area (Å²) < 4.78 is 0. The molecule has 2 atom stereocenters. The molecular weight excluding hydrogens is 280 g/mol. The number of hydrogen-bond acceptors (Lipinski definition) is 3. The summed E-state index contributed by atoms with van der Waals surface area (Å²) in [5.41, 5.74) is 0.0219. The van der Waals surface area contributed by atoms with Crippen LogP contribution in [0.25, 0.3) is 0 Å². The van der Waals surface area contributed by atoms with Gasteiger partial charge in [0.25, 0.3) is 5.91 Å². The quantitative estimate of drug-likeness (QED) is 0.807. The van der Waals surface area contributed by atoms with E-state index in [1.807, 2.05) is 18.2 Å². The van der Waals surface area contributed by atoms with Crippen molar-refractivity contribution in [1.29, 1.82) is 0 Å². The third kappa shape index (κ3) is 1.81. The number of fused-ring (bicyclic) bond motifs is 2. The van der Waals surface area contributed by atoms with Gasteiger partial charge in [-0.05, 0) is 43.7 Å². The summed E-state index contributed by atoms with van der Waals surface area (Å²) in [7, 11) is 0. The molecule has 0 aromatic heterocycles. The van der Waals surface area contributed by atoms with Gasteiger partial charge in [0, 0.05) is 5.56 Å². The fraction of sp³-hybridized carbons (Fsp3) is 0.471. The minimum Gasteiger partial charge on any atom is -0.346 e. The van der Waals surface area contributed by atoms with Crippen LogP contribution in [-0.2, 0) is 9.59 Å². The lowest BCUT2D eigenvalue weighted by Crippen LogP contribution is -2.63. The van der Waals surface area contributed by atoms with E-state index in [0.717, 1.165) is 25.7 Å². The predicted octanol–water partition coefficient (Wildman–Crippen LogP) is 1.25. The predicted molar refractivity (Wildman–Crippen MR) is 78.7 cm³/mol. The topological polar surface area (TPSA) is 75.3 Å². The van der Waals surface area contributed by atoms with Crippen molar-refractivity contribution in [2.75, 3.05) is 0 Å². The fourth-order valence-corrected chi connectivity index (χ4v) is 4.59. The monoisotopic (exact) mass is 298 g/mol. The molecule has 0 unspecified atom stereocenters. The number of carbonyl (C=O) groups excluding carboxylic acids is 3. The number of benzene rings is 1. The van der Waals surface area contributed by atoms with Crippen molar-refractivity contribution >= 4 is 17.7 Å². The van der Waals surface area contributed by atoms with Crippen LogP contribution in [-0.4, -0.2) is 23.3 Å². The molecule has 3 saturated carbocycles. The number of carbonyl (C=O) groups is 3. The van der Waals surface area contributed by atoms with E-state index in [0.29, 0.717) is 5.56 Å². The van der Waals surface area contributed by atoms with Crippen LogP contribution in [0.1, 0.15) is 36.0 Å². The Morgan fingerprint density at radius 2 is 1.77 bits per heavy atom. The second-order valence-electron chi connectivity index (χ2n) is 6.67. The molecule has 5 rings (SSSR count). The molecule has 0 radical (unpaired) electrons. The molecular formula is C17H18N2O3. The van der Waals surface area contributed by atoms with Crippen LogP contribution in [0.5, 0.6) is 0 Å². The van der Waals surface area contributed by atoms with Gasteiger partial charge in [-0.2, -0.15) is 0 Å². The first kappa shape index (κ1) is 13.5. The summed E-state index contributed by atoms with van der Waals surface area (Å²) in [5.74, 6) is -0.907. The molecule has 4 aliphatic rings. The molecule has 1 heterocycles. The Morgan fingerprint density at radius 1 is 1.09 bits per heavy atom. The van der Waals surface area contributed by atoms with Crippen LogP contribution in [0.3, 0.4) is 0 Å². The standard InChI is InChI=1S/C17H18N2O3/c20-14(11-4-2-1-3-5-11)19-17-8-6-10(7-9-17)12-13(17)16(22)18-15(12)21/h1-5,10,12-13H,6-9H2,(H,19,20)(H,18,21,22)/t10?,12-,13-,17?/m1/s1. The van der Waals surface area contributed by atoms with Gasteiger partial charge in [0.1, 0.15) is 0 Å². The number of imide groups is 1. The largest absolute Gasteiger partial charge is 0.346 e. The molecule has 22 heavy (non-hydrogen) atoms. The summed E-state index contributed by atoms with van der Waals surface area (Å²) in [5, 5.41) is 5.57. The summed E-state index contributed by atoms with van der Waals surface area (Å²) >= 11 is 0.